The summed E-state index contributed by atoms with van der Waals surface area (Å²) in [6, 6.07) is 3.28. The number of nitrogens with one attached hydrogen (secondary N) is 1. The minimum absolute atomic E-state index is 0.0228. The lowest BCUT2D eigenvalue weighted by molar-refractivity contribution is -0.162. The molecule has 1 aliphatic rings. The number of aliphatic carboxylic acids is 1. The maximum Gasteiger partial charge on any atom is 0.319 e. The van der Waals surface area contributed by atoms with Crippen LogP contribution in [-0.2, 0) is 16.1 Å². The van der Waals surface area contributed by atoms with Gasteiger partial charge in [0.05, 0.1) is 0 Å². The van der Waals surface area contributed by atoms with E-state index in [9.17, 15) is 18.4 Å². The third-order valence-corrected chi connectivity index (χ3v) is 3.49. The smallest absolute Gasteiger partial charge is 0.319 e. The van der Waals surface area contributed by atoms with Gasteiger partial charge in [0, 0.05) is 6.54 Å². The first-order valence-corrected chi connectivity index (χ1v) is 5.91. The summed E-state index contributed by atoms with van der Waals surface area (Å²) in [5, 5.41) is 11.5. The van der Waals surface area contributed by atoms with E-state index in [-0.39, 0.29) is 6.54 Å². The monoisotopic (exact) mass is 269 g/mol. The van der Waals surface area contributed by atoms with Crippen LogP contribution in [-0.4, -0.2) is 17.0 Å². The number of hydrogen-bond donors (Lipinski definition) is 2. The Morgan fingerprint density at radius 3 is 2.42 bits per heavy atom. The number of benzene rings is 1. The summed E-state index contributed by atoms with van der Waals surface area (Å²) in [6.45, 7) is -0.0228. The first-order valence-electron chi connectivity index (χ1n) is 5.91. The van der Waals surface area contributed by atoms with E-state index in [2.05, 4.69) is 5.32 Å². The third-order valence-electron chi connectivity index (χ3n) is 3.49. The minimum Gasteiger partial charge on any atom is -0.480 e. The second-order valence-corrected chi connectivity index (χ2v) is 4.67. The largest absolute Gasteiger partial charge is 0.480 e. The standard InChI is InChI=1S/C13H13F2NO3/c14-9-3-2-8(6-10(9)15)7-16-11(17)13(12(18)19)4-1-5-13/h2-3,6H,1,4-5,7H2,(H,16,17)(H,18,19). The van der Waals surface area contributed by atoms with Crippen LogP contribution in [0.1, 0.15) is 24.8 Å². The van der Waals surface area contributed by atoms with E-state index in [1.54, 1.807) is 0 Å². The normalized spacial score (nSPS) is 16.5. The van der Waals surface area contributed by atoms with Crippen molar-refractivity contribution in [1.82, 2.24) is 5.32 Å². The van der Waals surface area contributed by atoms with Gasteiger partial charge in [0.2, 0.25) is 5.91 Å². The zero-order chi connectivity index (χ0) is 14.0. The summed E-state index contributed by atoms with van der Waals surface area (Å²) in [5.41, 5.74) is -0.967. The van der Waals surface area contributed by atoms with Gasteiger partial charge in [-0.25, -0.2) is 8.78 Å². The molecule has 0 atom stereocenters. The lowest BCUT2D eigenvalue weighted by Crippen LogP contribution is -2.50. The highest BCUT2D eigenvalue weighted by molar-refractivity contribution is 6.02. The zero-order valence-corrected chi connectivity index (χ0v) is 10.1. The van der Waals surface area contributed by atoms with Crippen LogP contribution in [0, 0.1) is 17.0 Å². The quantitative estimate of drug-likeness (QED) is 0.819. The summed E-state index contributed by atoms with van der Waals surface area (Å²) in [5.74, 6) is -3.67. The molecule has 4 nitrogen and oxygen atoms in total. The summed E-state index contributed by atoms with van der Waals surface area (Å²) >= 11 is 0. The molecule has 0 radical (unpaired) electrons. The number of amides is 1. The Balaban J connectivity index is 2.00. The first-order chi connectivity index (χ1) is 8.95. The Labute approximate surface area is 108 Å². The average molecular weight is 269 g/mol. The Bertz CT molecular complexity index is 527. The van der Waals surface area contributed by atoms with Gasteiger partial charge in [-0.3, -0.25) is 9.59 Å². The van der Waals surface area contributed by atoms with Crippen molar-refractivity contribution in [2.75, 3.05) is 0 Å². The van der Waals surface area contributed by atoms with E-state index in [1.807, 2.05) is 0 Å². The Kier molecular flexibility index (Phi) is 3.50. The van der Waals surface area contributed by atoms with Crippen molar-refractivity contribution in [2.24, 2.45) is 5.41 Å². The summed E-state index contributed by atoms with van der Waals surface area (Å²) in [4.78, 5) is 22.9. The molecule has 0 heterocycles. The molecule has 2 rings (SSSR count). The maximum atomic E-state index is 13.0. The Hall–Kier alpha value is -1.98. The first kappa shape index (κ1) is 13.5. The number of carboxylic acid groups (broad SMARTS) is 1. The number of carbonyl (C=O) groups excluding carboxylic acids is 1. The molecule has 19 heavy (non-hydrogen) atoms. The molecule has 6 heteroatoms. The fourth-order valence-electron chi connectivity index (χ4n) is 2.07. The van der Waals surface area contributed by atoms with Crippen molar-refractivity contribution in [3.63, 3.8) is 0 Å². The van der Waals surface area contributed by atoms with Crippen molar-refractivity contribution in [1.29, 1.82) is 0 Å². The zero-order valence-electron chi connectivity index (χ0n) is 10.1. The maximum absolute atomic E-state index is 13.0. The van der Waals surface area contributed by atoms with Gasteiger partial charge < -0.3 is 10.4 Å². The predicted molar refractivity (Wildman–Crippen MR) is 62.1 cm³/mol. The molecule has 0 spiro atoms. The highest BCUT2D eigenvalue weighted by Gasteiger charge is 2.50. The molecule has 102 valence electrons. The number of carboxylic acids is 1. The van der Waals surface area contributed by atoms with Gasteiger partial charge in [-0.2, -0.15) is 0 Å². The molecule has 0 bridgehead atoms. The van der Waals surface area contributed by atoms with Gasteiger partial charge in [0.1, 0.15) is 5.41 Å². The van der Waals surface area contributed by atoms with E-state index >= 15 is 0 Å². The Morgan fingerprint density at radius 2 is 1.95 bits per heavy atom. The van der Waals surface area contributed by atoms with Gasteiger partial charge in [0.15, 0.2) is 11.6 Å². The van der Waals surface area contributed by atoms with Crippen LogP contribution in [0.4, 0.5) is 8.78 Å². The van der Waals surface area contributed by atoms with E-state index in [4.69, 9.17) is 5.11 Å². The molecule has 0 aromatic heterocycles. The molecule has 1 fully saturated rings. The molecule has 0 unspecified atom stereocenters. The van der Waals surface area contributed by atoms with Crippen LogP contribution in [0.2, 0.25) is 0 Å². The molecule has 1 aliphatic carbocycles. The number of hydrogen-bond acceptors (Lipinski definition) is 2. The van der Waals surface area contributed by atoms with Crippen LogP contribution in [0.3, 0.4) is 0 Å². The van der Waals surface area contributed by atoms with E-state index in [1.165, 1.54) is 6.07 Å². The number of halogens is 2. The fraction of sp³-hybridized carbons (Fsp3) is 0.385. The average Bonchev–Trinajstić information content (AvgIpc) is 2.28. The fourth-order valence-corrected chi connectivity index (χ4v) is 2.07. The van der Waals surface area contributed by atoms with Crippen LogP contribution < -0.4 is 5.32 Å². The molecule has 1 saturated carbocycles. The van der Waals surface area contributed by atoms with Gasteiger partial charge >= 0.3 is 5.97 Å². The predicted octanol–water partition coefficient (Wildman–Crippen LogP) is 1.84. The van der Waals surface area contributed by atoms with Crippen molar-refractivity contribution in [2.45, 2.75) is 25.8 Å². The Morgan fingerprint density at radius 1 is 1.26 bits per heavy atom. The highest BCUT2D eigenvalue weighted by atomic mass is 19.2. The molecule has 1 aromatic rings. The van der Waals surface area contributed by atoms with Crippen molar-refractivity contribution in [3.8, 4) is 0 Å². The topological polar surface area (TPSA) is 66.4 Å². The third kappa shape index (κ3) is 2.43. The number of rotatable bonds is 4. The van der Waals surface area contributed by atoms with Crippen LogP contribution in [0.5, 0.6) is 0 Å². The second-order valence-electron chi connectivity index (χ2n) is 4.67. The lowest BCUT2D eigenvalue weighted by atomic mass is 9.68. The van der Waals surface area contributed by atoms with Crippen molar-refractivity contribution in [3.05, 3.63) is 35.4 Å². The minimum atomic E-state index is -1.35. The highest BCUT2D eigenvalue weighted by Crippen LogP contribution is 2.41. The van der Waals surface area contributed by atoms with Gasteiger partial charge in [0.25, 0.3) is 0 Å². The molecule has 0 aliphatic heterocycles. The summed E-state index contributed by atoms with van der Waals surface area (Å²) < 4.78 is 25.7. The van der Waals surface area contributed by atoms with Crippen molar-refractivity contribution < 1.29 is 23.5 Å². The van der Waals surface area contributed by atoms with Gasteiger partial charge in [-0.1, -0.05) is 12.5 Å². The SMILES string of the molecule is O=C(O)C1(C(=O)NCc2ccc(F)c(F)c2)CCC1. The summed E-state index contributed by atoms with van der Waals surface area (Å²) in [7, 11) is 0. The van der Waals surface area contributed by atoms with Crippen LogP contribution in [0.15, 0.2) is 18.2 Å². The molecule has 1 amide bonds. The molecular weight excluding hydrogens is 256 g/mol. The second kappa shape index (κ2) is 4.95. The lowest BCUT2D eigenvalue weighted by Gasteiger charge is -2.35. The van der Waals surface area contributed by atoms with Gasteiger partial charge in [-0.05, 0) is 30.5 Å². The molecule has 1 aromatic carbocycles. The molecule has 2 N–H and O–H groups in total. The van der Waals surface area contributed by atoms with Crippen LogP contribution in [0.25, 0.3) is 0 Å². The van der Waals surface area contributed by atoms with E-state index in [0.29, 0.717) is 24.8 Å². The molecular formula is C13H13F2NO3. The van der Waals surface area contributed by atoms with Crippen LogP contribution >= 0.6 is 0 Å². The van der Waals surface area contributed by atoms with E-state index < -0.39 is 28.9 Å². The van der Waals surface area contributed by atoms with E-state index in [0.717, 1.165) is 12.1 Å². The summed E-state index contributed by atoms with van der Waals surface area (Å²) in [6.07, 6.45) is 1.32. The van der Waals surface area contributed by atoms with Gasteiger partial charge in [-0.15, -0.1) is 0 Å². The molecule has 0 saturated heterocycles. The number of carbonyl (C=O) groups is 2. The van der Waals surface area contributed by atoms with Crippen molar-refractivity contribution >= 4 is 11.9 Å².